The highest BCUT2D eigenvalue weighted by atomic mass is 19.2. The number of nitrogens with one attached hydrogen (secondary N) is 1. The lowest BCUT2D eigenvalue weighted by atomic mass is 9.92. The molecule has 0 bridgehead atoms. The van der Waals surface area contributed by atoms with E-state index in [4.69, 9.17) is 4.52 Å². The van der Waals surface area contributed by atoms with Crippen LogP contribution in [0.2, 0.25) is 0 Å². The Labute approximate surface area is 146 Å². The highest BCUT2D eigenvalue weighted by Crippen LogP contribution is 2.24. The van der Waals surface area contributed by atoms with E-state index in [1.165, 1.54) is 6.07 Å². The van der Waals surface area contributed by atoms with E-state index in [0.29, 0.717) is 5.56 Å². The summed E-state index contributed by atoms with van der Waals surface area (Å²) in [5, 5.41) is 6.59. The molecule has 0 spiro atoms. The summed E-state index contributed by atoms with van der Waals surface area (Å²) in [7, 11) is 1.73. The molecule has 1 unspecified atom stereocenters. The third-order valence-electron chi connectivity index (χ3n) is 4.02. The van der Waals surface area contributed by atoms with Crippen molar-refractivity contribution in [3.63, 3.8) is 0 Å². The van der Waals surface area contributed by atoms with Crippen molar-refractivity contribution >= 4 is 11.8 Å². The summed E-state index contributed by atoms with van der Waals surface area (Å²) in [5.74, 6) is -1.80. The highest BCUT2D eigenvalue weighted by molar-refractivity contribution is 5.91. The quantitative estimate of drug-likeness (QED) is 0.888. The minimum Gasteiger partial charge on any atom is -0.338 e. The first kappa shape index (κ1) is 19.1. The van der Waals surface area contributed by atoms with Crippen molar-refractivity contribution in [2.45, 2.75) is 39.2 Å². The minimum atomic E-state index is -0.904. The van der Waals surface area contributed by atoms with Crippen molar-refractivity contribution < 1.29 is 18.1 Å². The topological polar surface area (TPSA) is 58.4 Å². The van der Waals surface area contributed by atoms with Crippen molar-refractivity contribution in [1.82, 2.24) is 10.1 Å². The van der Waals surface area contributed by atoms with Gasteiger partial charge < -0.3 is 4.52 Å². The van der Waals surface area contributed by atoms with Gasteiger partial charge in [-0.25, -0.2) is 8.78 Å². The molecule has 7 heteroatoms. The molecule has 2 aromatic rings. The lowest BCUT2D eigenvalue weighted by Gasteiger charge is -2.24. The second-order valence-electron chi connectivity index (χ2n) is 7.14. The standard InChI is InChI=1S/C18H23F2N3O2/c1-11(12-6-7-13(19)14(20)8-12)23(5)10-16(24)21-17-9-15(22-25-17)18(2,3)4/h6-9,11H,10H2,1-5H3,(H,21,24). The zero-order chi connectivity index (χ0) is 18.8. The maximum Gasteiger partial charge on any atom is 0.240 e. The predicted octanol–water partition coefficient (Wildman–Crippen LogP) is 3.88. The molecule has 1 amide bonds. The Bertz CT molecular complexity index is 753. The molecule has 136 valence electrons. The maximum atomic E-state index is 13.4. The molecule has 0 radical (unpaired) electrons. The number of hydrogen-bond donors (Lipinski definition) is 1. The van der Waals surface area contributed by atoms with Gasteiger partial charge in [0.15, 0.2) is 11.6 Å². The number of halogens is 2. The Kier molecular flexibility index (Phi) is 5.57. The number of anilines is 1. The van der Waals surface area contributed by atoms with E-state index < -0.39 is 11.6 Å². The van der Waals surface area contributed by atoms with Crippen LogP contribution in [0.4, 0.5) is 14.7 Å². The van der Waals surface area contributed by atoms with Crippen LogP contribution in [0.3, 0.4) is 0 Å². The molecule has 0 saturated carbocycles. The third-order valence-corrected chi connectivity index (χ3v) is 4.02. The summed E-state index contributed by atoms with van der Waals surface area (Å²) in [6.45, 7) is 7.85. The van der Waals surface area contributed by atoms with Gasteiger partial charge in [0.2, 0.25) is 11.8 Å². The van der Waals surface area contributed by atoms with Crippen LogP contribution in [0.25, 0.3) is 0 Å². The fourth-order valence-corrected chi connectivity index (χ4v) is 2.25. The number of hydrogen-bond acceptors (Lipinski definition) is 4. The lowest BCUT2D eigenvalue weighted by molar-refractivity contribution is -0.117. The Morgan fingerprint density at radius 1 is 1.28 bits per heavy atom. The number of benzene rings is 1. The van der Waals surface area contributed by atoms with E-state index in [1.807, 2.05) is 27.7 Å². The Balaban J connectivity index is 1.97. The molecule has 0 aliphatic carbocycles. The fourth-order valence-electron chi connectivity index (χ4n) is 2.25. The van der Waals surface area contributed by atoms with Crippen LogP contribution in [-0.2, 0) is 10.2 Å². The van der Waals surface area contributed by atoms with E-state index >= 15 is 0 Å². The predicted molar refractivity (Wildman–Crippen MR) is 91.2 cm³/mol. The summed E-state index contributed by atoms with van der Waals surface area (Å²) in [6, 6.07) is 5.15. The Morgan fingerprint density at radius 2 is 1.96 bits per heavy atom. The number of aromatic nitrogens is 1. The summed E-state index contributed by atoms with van der Waals surface area (Å²) < 4.78 is 31.5. The first-order valence-corrected chi connectivity index (χ1v) is 8.00. The van der Waals surface area contributed by atoms with Gasteiger partial charge in [-0.2, -0.15) is 0 Å². The molecule has 1 heterocycles. The molecule has 25 heavy (non-hydrogen) atoms. The lowest BCUT2D eigenvalue weighted by Crippen LogP contribution is -2.32. The van der Waals surface area contributed by atoms with Gasteiger partial charge in [0.05, 0.1) is 12.2 Å². The van der Waals surface area contributed by atoms with Gasteiger partial charge in [-0.3, -0.25) is 15.0 Å². The van der Waals surface area contributed by atoms with E-state index in [-0.39, 0.29) is 29.8 Å². The number of carbonyl (C=O) groups is 1. The summed E-state index contributed by atoms with van der Waals surface area (Å²) >= 11 is 0. The Hall–Kier alpha value is -2.28. The van der Waals surface area contributed by atoms with E-state index in [1.54, 1.807) is 18.0 Å². The van der Waals surface area contributed by atoms with Gasteiger partial charge in [0.1, 0.15) is 0 Å². The van der Waals surface area contributed by atoms with Crippen LogP contribution in [0.15, 0.2) is 28.8 Å². The summed E-state index contributed by atoms with van der Waals surface area (Å²) in [6.07, 6.45) is 0. The van der Waals surface area contributed by atoms with E-state index in [0.717, 1.165) is 17.8 Å². The van der Waals surface area contributed by atoms with Crippen LogP contribution < -0.4 is 5.32 Å². The molecule has 2 rings (SSSR count). The third kappa shape index (κ3) is 4.85. The van der Waals surface area contributed by atoms with E-state index in [9.17, 15) is 13.6 Å². The molecule has 1 aromatic heterocycles. The van der Waals surface area contributed by atoms with E-state index in [2.05, 4.69) is 10.5 Å². The molecule has 0 aliphatic rings. The number of rotatable bonds is 5. The minimum absolute atomic E-state index is 0.0612. The average molecular weight is 351 g/mol. The number of carbonyl (C=O) groups excluding carboxylic acids is 1. The van der Waals surface area contributed by atoms with Crippen molar-refractivity contribution in [1.29, 1.82) is 0 Å². The normalized spacial score (nSPS) is 13.1. The number of likely N-dealkylation sites (N-methyl/N-ethyl adjacent to an activating group) is 1. The monoisotopic (exact) mass is 351 g/mol. The molecular weight excluding hydrogens is 328 g/mol. The van der Waals surface area contributed by atoms with Crippen LogP contribution in [0, 0.1) is 11.6 Å². The molecule has 0 saturated heterocycles. The van der Waals surface area contributed by atoms with Gasteiger partial charge in [0, 0.05) is 17.5 Å². The van der Waals surface area contributed by atoms with Gasteiger partial charge in [-0.15, -0.1) is 0 Å². The second-order valence-corrected chi connectivity index (χ2v) is 7.14. The smallest absolute Gasteiger partial charge is 0.240 e. The van der Waals surface area contributed by atoms with Crippen LogP contribution in [-0.4, -0.2) is 29.6 Å². The van der Waals surface area contributed by atoms with Gasteiger partial charge in [-0.1, -0.05) is 32.0 Å². The number of nitrogens with zero attached hydrogens (tertiary/aromatic N) is 2. The first-order valence-electron chi connectivity index (χ1n) is 8.00. The van der Waals surface area contributed by atoms with Gasteiger partial charge >= 0.3 is 0 Å². The van der Waals surface area contributed by atoms with Crippen molar-refractivity contribution in [2.75, 3.05) is 18.9 Å². The second kappa shape index (κ2) is 7.31. The van der Waals surface area contributed by atoms with Crippen molar-refractivity contribution in [3.05, 3.63) is 47.2 Å². The van der Waals surface area contributed by atoms with Gasteiger partial charge in [-0.05, 0) is 31.7 Å². The highest BCUT2D eigenvalue weighted by Gasteiger charge is 2.21. The largest absolute Gasteiger partial charge is 0.338 e. The fraction of sp³-hybridized carbons (Fsp3) is 0.444. The maximum absolute atomic E-state index is 13.4. The van der Waals surface area contributed by atoms with Gasteiger partial charge in [0.25, 0.3) is 0 Å². The number of amides is 1. The SMILES string of the molecule is CC(c1ccc(F)c(F)c1)N(C)CC(=O)Nc1cc(C(C)(C)C)no1. The molecule has 0 fully saturated rings. The molecule has 5 nitrogen and oxygen atoms in total. The van der Waals surface area contributed by atoms with Crippen molar-refractivity contribution in [2.24, 2.45) is 0 Å². The molecular formula is C18H23F2N3O2. The molecule has 0 aliphatic heterocycles. The zero-order valence-corrected chi connectivity index (χ0v) is 15.1. The summed E-state index contributed by atoms with van der Waals surface area (Å²) in [4.78, 5) is 13.9. The van der Waals surface area contributed by atoms with Crippen LogP contribution in [0.5, 0.6) is 0 Å². The molecule has 1 aromatic carbocycles. The van der Waals surface area contributed by atoms with Crippen molar-refractivity contribution in [3.8, 4) is 0 Å². The zero-order valence-electron chi connectivity index (χ0n) is 15.1. The molecule has 1 N–H and O–H groups in total. The molecule has 1 atom stereocenters. The van der Waals surface area contributed by atoms with Crippen LogP contribution >= 0.6 is 0 Å². The Morgan fingerprint density at radius 3 is 2.52 bits per heavy atom. The first-order chi connectivity index (χ1) is 11.6. The van der Waals surface area contributed by atoms with Crippen LogP contribution in [0.1, 0.15) is 45.0 Å². The summed E-state index contributed by atoms with van der Waals surface area (Å²) in [5.41, 5.74) is 1.15. The average Bonchev–Trinajstić information content (AvgIpc) is 2.97.